The molecule has 2 aromatic carbocycles. The number of hydrogen-bond acceptors (Lipinski definition) is 5. The first-order chi connectivity index (χ1) is 15.6. The number of anilines is 1. The third-order valence-corrected chi connectivity index (χ3v) is 5.67. The number of aryl methyl sites for hydroxylation is 1. The monoisotopic (exact) mass is 477 g/mol. The highest BCUT2D eigenvalue weighted by molar-refractivity contribution is 7.99. The fraction of sp³-hybridized carbons (Fsp3) is 0.273. The first-order valence-corrected chi connectivity index (χ1v) is 10.9. The van der Waals surface area contributed by atoms with Crippen molar-refractivity contribution < 1.29 is 22.8 Å². The van der Waals surface area contributed by atoms with Crippen molar-refractivity contribution in [3.05, 3.63) is 71.0 Å². The average molecular weight is 478 g/mol. The maximum atomic E-state index is 12.8. The summed E-state index contributed by atoms with van der Waals surface area (Å²) in [4.78, 5) is 24.4. The summed E-state index contributed by atoms with van der Waals surface area (Å²) in [6.45, 7) is 2.27. The van der Waals surface area contributed by atoms with Crippen LogP contribution in [0.15, 0.2) is 53.7 Å². The average Bonchev–Trinajstić information content (AvgIpc) is 3.11. The highest BCUT2D eigenvalue weighted by Crippen LogP contribution is 2.30. The lowest BCUT2D eigenvalue weighted by molar-refractivity contribution is -0.137. The minimum Gasteiger partial charge on any atom is -0.352 e. The number of carbonyl (C=O) groups excluding carboxylic acids is 2. The molecule has 7 nitrogen and oxygen atoms in total. The molecule has 0 spiro atoms. The van der Waals surface area contributed by atoms with Crippen molar-refractivity contribution >= 4 is 29.3 Å². The zero-order valence-electron chi connectivity index (χ0n) is 17.9. The summed E-state index contributed by atoms with van der Waals surface area (Å²) in [5, 5.41) is 13.9. The van der Waals surface area contributed by atoms with E-state index in [4.69, 9.17) is 0 Å². The van der Waals surface area contributed by atoms with Gasteiger partial charge in [-0.25, -0.2) is 0 Å². The molecule has 1 heterocycles. The zero-order valence-corrected chi connectivity index (χ0v) is 18.8. The minimum atomic E-state index is -4.48. The number of benzene rings is 2. The molecule has 0 radical (unpaired) electrons. The number of carbonyl (C=O) groups is 2. The number of nitrogens with zero attached hydrogens (tertiary/aromatic N) is 3. The Kier molecular flexibility index (Phi) is 7.75. The van der Waals surface area contributed by atoms with E-state index in [-0.39, 0.29) is 17.3 Å². The Morgan fingerprint density at radius 2 is 1.85 bits per heavy atom. The molecule has 174 valence electrons. The fourth-order valence-electron chi connectivity index (χ4n) is 2.97. The number of hydrogen-bond donors (Lipinski definition) is 2. The van der Waals surface area contributed by atoms with Crippen molar-refractivity contribution in [1.29, 1.82) is 0 Å². The molecule has 0 aliphatic carbocycles. The van der Waals surface area contributed by atoms with Crippen LogP contribution >= 0.6 is 11.8 Å². The van der Waals surface area contributed by atoms with Gasteiger partial charge in [0.2, 0.25) is 5.91 Å². The molecule has 0 bridgehead atoms. The number of halogens is 3. The van der Waals surface area contributed by atoms with Crippen molar-refractivity contribution in [2.24, 2.45) is 7.05 Å². The van der Waals surface area contributed by atoms with Crippen LogP contribution in [0.4, 0.5) is 18.9 Å². The second-order valence-electron chi connectivity index (χ2n) is 7.25. The highest BCUT2D eigenvalue weighted by Gasteiger charge is 2.30. The molecule has 0 saturated carbocycles. The Bertz CT molecular complexity index is 1150. The van der Waals surface area contributed by atoms with Crippen molar-refractivity contribution in [2.75, 3.05) is 17.6 Å². The maximum Gasteiger partial charge on any atom is 0.416 e. The maximum absolute atomic E-state index is 12.8. The Labute approximate surface area is 192 Å². The van der Waals surface area contributed by atoms with Gasteiger partial charge in [-0.3, -0.25) is 9.59 Å². The number of alkyl halides is 3. The molecular weight excluding hydrogens is 455 g/mol. The lowest BCUT2D eigenvalue weighted by atomic mass is 10.1. The predicted molar refractivity (Wildman–Crippen MR) is 119 cm³/mol. The van der Waals surface area contributed by atoms with E-state index in [0.29, 0.717) is 29.5 Å². The summed E-state index contributed by atoms with van der Waals surface area (Å²) in [5.41, 5.74) is 0.810. The van der Waals surface area contributed by atoms with Crippen LogP contribution in [0.5, 0.6) is 0 Å². The van der Waals surface area contributed by atoms with E-state index in [1.165, 1.54) is 12.1 Å². The van der Waals surface area contributed by atoms with Crippen LogP contribution < -0.4 is 10.6 Å². The van der Waals surface area contributed by atoms with Gasteiger partial charge in [-0.05, 0) is 37.3 Å². The van der Waals surface area contributed by atoms with Gasteiger partial charge < -0.3 is 15.2 Å². The molecule has 0 atom stereocenters. The molecule has 3 rings (SSSR count). The fourth-order valence-corrected chi connectivity index (χ4v) is 3.70. The van der Waals surface area contributed by atoms with Gasteiger partial charge in [0.1, 0.15) is 5.82 Å². The van der Waals surface area contributed by atoms with Crippen LogP contribution in [-0.4, -0.2) is 38.9 Å². The molecule has 33 heavy (non-hydrogen) atoms. The van der Waals surface area contributed by atoms with Gasteiger partial charge >= 0.3 is 6.18 Å². The lowest BCUT2D eigenvalue weighted by Gasteiger charge is -2.10. The molecular formula is C22H22F3N5O2S. The summed E-state index contributed by atoms with van der Waals surface area (Å²) < 4.78 is 40.1. The summed E-state index contributed by atoms with van der Waals surface area (Å²) >= 11 is 1.11. The SMILES string of the molecule is Cc1cccc(C(=O)NCCc2nnc(SCC(=O)Nc3cccc(C(F)(F)F)c3)n2C)c1. The summed E-state index contributed by atoms with van der Waals surface area (Å²) in [6, 6.07) is 11.7. The van der Waals surface area contributed by atoms with Crippen LogP contribution in [0.1, 0.15) is 27.3 Å². The first kappa shape index (κ1) is 24.3. The first-order valence-electron chi connectivity index (χ1n) is 9.96. The Morgan fingerprint density at radius 3 is 2.58 bits per heavy atom. The van der Waals surface area contributed by atoms with Crippen LogP contribution in [0.3, 0.4) is 0 Å². The second-order valence-corrected chi connectivity index (χ2v) is 8.19. The Balaban J connectivity index is 1.48. The molecule has 0 aliphatic heterocycles. The summed E-state index contributed by atoms with van der Waals surface area (Å²) in [7, 11) is 1.74. The molecule has 3 aromatic rings. The summed E-state index contributed by atoms with van der Waals surface area (Å²) in [5.74, 6) is -0.0666. The molecule has 11 heteroatoms. The molecule has 2 amide bonds. The standard InChI is InChI=1S/C22H22F3N5O2S/c1-14-5-3-6-15(11-14)20(32)26-10-9-18-28-29-21(30(18)2)33-13-19(31)27-17-8-4-7-16(12-17)22(23,24)25/h3-8,11-12H,9-10,13H2,1-2H3,(H,26,32)(H,27,31). The molecule has 0 unspecified atom stereocenters. The van der Waals surface area contributed by atoms with Crippen LogP contribution in [0.2, 0.25) is 0 Å². The number of amides is 2. The van der Waals surface area contributed by atoms with Gasteiger partial charge in [0, 0.05) is 31.3 Å². The van der Waals surface area contributed by atoms with Gasteiger partial charge in [-0.2, -0.15) is 13.2 Å². The molecule has 2 N–H and O–H groups in total. The summed E-state index contributed by atoms with van der Waals surface area (Å²) in [6.07, 6.45) is -4.04. The van der Waals surface area contributed by atoms with E-state index in [2.05, 4.69) is 20.8 Å². The molecule has 0 fully saturated rings. The van der Waals surface area contributed by atoms with Crippen molar-refractivity contribution in [2.45, 2.75) is 24.7 Å². The minimum absolute atomic E-state index is 0.0493. The molecule has 1 aromatic heterocycles. The second kappa shape index (κ2) is 10.5. The van der Waals surface area contributed by atoms with E-state index in [1.807, 2.05) is 19.1 Å². The van der Waals surface area contributed by atoms with Gasteiger partial charge in [0.05, 0.1) is 11.3 Å². The van der Waals surface area contributed by atoms with Gasteiger partial charge in [-0.15, -0.1) is 10.2 Å². The van der Waals surface area contributed by atoms with Gasteiger partial charge in [0.25, 0.3) is 5.91 Å². The smallest absolute Gasteiger partial charge is 0.352 e. The zero-order chi connectivity index (χ0) is 24.0. The van der Waals surface area contributed by atoms with Gasteiger partial charge in [0.15, 0.2) is 5.16 Å². The van der Waals surface area contributed by atoms with E-state index < -0.39 is 17.6 Å². The molecule has 0 aliphatic rings. The third-order valence-electron chi connectivity index (χ3n) is 4.65. The third kappa shape index (κ3) is 6.82. The number of rotatable bonds is 8. The van der Waals surface area contributed by atoms with E-state index >= 15 is 0 Å². The Hall–Kier alpha value is -3.34. The van der Waals surface area contributed by atoms with E-state index in [1.54, 1.807) is 23.7 Å². The predicted octanol–water partition coefficient (Wildman–Crippen LogP) is 3.85. The molecule has 0 saturated heterocycles. The van der Waals surface area contributed by atoms with Crippen molar-refractivity contribution in [1.82, 2.24) is 20.1 Å². The number of aromatic nitrogens is 3. The largest absolute Gasteiger partial charge is 0.416 e. The Morgan fingerprint density at radius 1 is 1.09 bits per heavy atom. The van der Waals surface area contributed by atoms with Crippen LogP contribution in [0.25, 0.3) is 0 Å². The van der Waals surface area contributed by atoms with E-state index in [0.717, 1.165) is 29.5 Å². The lowest BCUT2D eigenvalue weighted by Crippen LogP contribution is -2.26. The number of thioether (sulfide) groups is 1. The van der Waals surface area contributed by atoms with Crippen LogP contribution in [0, 0.1) is 6.92 Å². The quantitative estimate of drug-likeness (QED) is 0.481. The number of nitrogens with one attached hydrogen (secondary N) is 2. The normalized spacial score (nSPS) is 11.3. The van der Waals surface area contributed by atoms with Crippen LogP contribution in [-0.2, 0) is 24.4 Å². The van der Waals surface area contributed by atoms with Crippen molar-refractivity contribution in [3.63, 3.8) is 0 Å². The highest BCUT2D eigenvalue weighted by atomic mass is 32.2. The topological polar surface area (TPSA) is 88.9 Å². The van der Waals surface area contributed by atoms with E-state index in [9.17, 15) is 22.8 Å². The van der Waals surface area contributed by atoms with Gasteiger partial charge in [-0.1, -0.05) is 35.5 Å². The van der Waals surface area contributed by atoms with Crippen molar-refractivity contribution in [3.8, 4) is 0 Å².